The van der Waals surface area contributed by atoms with Gasteiger partial charge in [-0.3, -0.25) is 9.69 Å². The molecule has 0 bridgehead atoms. The number of halogens is 1. The first-order chi connectivity index (χ1) is 9.04. The van der Waals surface area contributed by atoms with Crippen LogP contribution in [-0.4, -0.2) is 34.2 Å². The highest BCUT2D eigenvalue weighted by molar-refractivity contribution is 6.30. The molecule has 4 nitrogen and oxygen atoms in total. The summed E-state index contributed by atoms with van der Waals surface area (Å²) in [7, 11) is 0. The molecular weight excluding hydrogens is 266 g/mol. The van der Waals surface area contributed by atoms with E-state index in [0.29, 0.717) is 17.5 Å². The molecule has 0 aliphatic carbocycles. The third-order valence-electron chi connectivity index (χ3n) is 3.57. The largest absolute Gasteiger partial charge is 0.508 e. The summed E-state index contributed by atoms with van der Waals surface area (Å²) in [6.45, 7) is 2.49. The van der Waals surface area contributed by atoms with Crippen LogP contribution in [0, 0.1) is 5.92 Å². The molecule has 0 saturated carbocycles. The second kappa shape index (κ2) is 6.26. The Morgan fingerprint density at radius 3 is 3.00 bits per heavy atom. The zero-order valence-electron chi connectivity index (χ0n) is 10.7. The second-order valence-electron chi connectivity index (χ2n) is 5.10. The molecule has 1 aromatic carbocycles. The molecule has 2 rings (SSSR count). The van der Waals surface area contributed by atoms with Crippen molar-refractivity contribution in [2.75, 3.05) is 13.1 Å². The average Bonchev–Trinajstić information content (AvgIpc) is 2.79. The lowest BCUT2D eigenvalue weighted by Gasteiger charge is -2.17. The van der Waals surface area contributed by atoms with Crippen molar-refractivity contribution in [2.24, 2.45) is 5.92 Å². The van der Waals surface area contributed by atoms with E-state index < -0.39 is 5.97 Å². The van der Waals surface area contributed by atoms with E-state index in [-0.39, 0.29) is 12.2 Å². The topological polar surface area (TPSA) is 60.8 Å². The highest BCUT2D eigenvalue weighted by Crippen LogP contribution is 2.27. The van der Waals surface area contributed by atoms with Crippen LogP contribution in [0.25, 0.3) is 0 Å². The smallest absolute Gasteiger partial charge is 0.303 e. The number of carboxylic acid groups (broad SMARTS) is 1. The molecule has 2 N–H and O–H groups in total. The van der Waals surface area contributed by atoms with Crippen molar-refractivity contribution in [2.45, 2.75) is 25.8 Å². The van der Waals surface area contributed by atoms with Crippen molar-refractivity contribution in [3.8, 4) is 5.75 Å². The Bertz CT molecular complexity index is 464. The molecule has 1 heterocycles. The average molecular weight is 284 g/mol. The van der Waals surface area contributed by atoms with Crippen LogP contribution in [0.4, 0.5) is 0 Å². The predicted molar refractivity (Wildman–Crippen MR) is 73.4 cm³/mol. The molecule has 1 unspecified atom stereocenters. The molecule has 1 saturated heterocycles. The summed E-state index contributed by atoms with van der Waals surface area (Å²) in [5.41, 5.74) is 0.825. The highest BCUT2D eigenvalue weighted by atomic mass is 35.5. The molecule has 0 spiro atoms. The van der Waals surface area contributed by atoms with Crippen molar-refractivity contribution in [3.05, 3.63) is 28.8 Å². The van der Waals surface area contributed by atoms with Gasteiger partial charge in [0, 0.05) is 30.1 Å². The van der Waals surface area contributed by atoms with Crippen molar-refractivity contribution in [3.63, 3.8) is 0 Å². The lowest BCUT2D eigenvalue weighted by atomic mass is 10.0. The van der Waals surface area contributed by atoms with Crippen molar-refractivity contribution < 1.29 is 15.0 Å². The lowest BCUT2D eigenvalue weighted by Crippen LogP contribution is -2.20. The quantitative estimate of drug-likeness (QED) is 0.872. The molecule has 1 aliphatic heterocycles. The van der Waals surface area contributed by atoms with Crippen LogP contribution < -0.4 is 0 Å². The Balaban J connectivity index is 1.87. The van der Waals surface area contributed by atoms with E-state index in [0.717, 1.165) is 31.5 Å². The molecule has 1 aliphatic rings. The molecule has 1 atom stereocenters. The van der Waals surface area contributed by atoms with Crippen LogP contribution in [-0.2, 0) is 11.3 Å². The summed E-state index contributed by atoms with van der Waals surface area (Å²) >= 11 is 5.92. The van der Waals surface area contributed by atoms with Crippen LogP contribution >= 0.6 is 11.6 Å². The first-order valence-electron chi connectivity index (χ1n) is 6.46. The Morgan fingerprint density at radius 1 is 1.47 bits per heavy atom. The number of phenols is 1. The maximum atomic E-state index is 10.5. The number of carboxylic acids is 1. The maximum Gasteiger partial charge on any atom is 0.303 e. The minimum Gasteiger partial charge on any atom is -0.508 e. The van der Waals surface area contributed by atoms with E-state index in [4.69, 9.17) is 16.7 Å². The number of carbonyl (C=O) groups is 1. The molecule has 0 radical (unpaired) electrons. The Hall–Kier alpha value is -1.26. The molecule has 1 fully saturated rings. The van der Waals surface area contributed by atoms with Gasteiger partial charge in [0.2, 0.25) is 0 Å². The molecule has 1 aromatic rings. The molecule has 0 aromatic heterocycles. The standard InChI is InChI=1S/C14H18ClNO3/c15-12-2-3-13(17)11(7-12)9-16-6-5-10(8-16)1-4-14(18)19/h2-3,7,10,17H,1,4-6,8-9H2,(H,18,19). The maximum absolute atomic E-state index is 10.5. The zero-order chi connectivity index (χ0) is 13.8. The number of hydrogen-bond donors (Lipinski definition) is 2. The van der Waals surface area contributed by atoms with Gasteiger partial charge in [0.1, 0.15) is 5.75 Å². The SMILES string of the molecule is O=C(O)CCC1CCN(Cc2cc(Cl)ccc2O)C1. The molecule has 104 valence electrons. The third-order valence-corrected chi connectivity index (χ3v) is 3.81. The van der Waals surface area contributed by atoms with Crippen LogP contribution in [0.2, 0.25) is 5.02 Å². The molecule has 19 heavy (non-hydrogen) atoms. The predicted octanol–water partition coefficient (Wildman–Crippen LogP) is 2.73. The number of nitrogens with zero attached hydrogens (tertiary/aromatic N) is 1. The first-order valence-corrected chi connectivity index (χ1v) is 6.84. The number of aromatic hydroxyl groups is 1. The Morgan fingerprint density at radius 2 is 2.26 bits per heavy atom. The number of hydrogen-bond acceptors (Lipinski definition) is 3. The van der Waals surface area contributed by atoms with Crippen molar-refractivity contribution in [1.82, 2.24) is 4.90 Å². The van der Waals surface area contributed by atoms with Gasteiger partial charge in [-0.1, -0.05) is 11.6 Å². The fraction of sp³-hybridized carbons (Fsp3) is 0.500. The Labute approximate surface area is 117 Å². The zero-order valence-corrected chi connectivity index (χ0v) is 11.4. The minimum atomic E-state index is -0.731. The number of phenolic OH excluding ortho intramolecular Hbond substituents is 1. The highest BCUT2D eigenvalue weighted by Gasteiger charge is 2.23. The monoisotopic (exact) mass is 283 g/mol. The second-order valence-corrected chi connectivity index (χ2v) is 5.53. The number of rotatable bonds is 5. The number of aliphatic carboxylic acids is 1. The lowest BCUT2D eigenvalue weighted by molar-refractivity contribution is -0.137. The summed E-state index contributed by atoms with van der Waals surface area (Å²) in [5.74, 6) is -0.0262. The summed E-state index contributed by atoms with van der Waals surface area (Å²) in [5, 5.41) is 19.1. The minimum absolute atomic E-state index is 0.237. The normalized spacial score (nSPS) is 19.7. The third kappa shape index (κ3) is 4.11. The van der Waals surface area contributed by atoms with E-state index in [1.54, 1.807) is 18.2 Å². The van der Waals surface area contributed by atoms with Gasteiger partial charge < -0.3 is 10.2 Å². The Kier molecular flexibility index (Phi) is 4.66. The van der Waals surface area contributed by atoms with E-state index in [1.807, 2.05) is 0 Å². The van der Waals surface area contributed by atoms with Crippen LogP contribution in [0.1, 0.15) is 24.8 Å². The summed E-state index contributed by atoms with van der Waals surface area (Å²) < 4.78 is 0. The van der Waals surface area contributed by atoms with Gasteiger partial charge in [0.15, 0.2) is 0 Å². The van der Waals surface area contributed by atoms with Crippen LogP contribution in [0.15, 0.2) is 18.2 Å². The fourth-order valence-electron chi connectivity index (χ4n) is 2.54. The molecule has 5 heteroatoms. The van der Waals surface area contributed by atoms with E-state index in [2.05, 4.69) is 4.90 Å². The van der Waals surface area contributed by atoms with E-state index in [9.17, 15) is 9.90 Å². The van der Waals surface area contributed by atoms with Crippen LogP contribution in [0.3, 0.4) is 0 Å². The molecular formula is C14H18ClNO3. The van der Waals surface area contributed by atoms with E-state index >= 15 is 0 Å². The van der Waals surface area contributed by atoms with Crippen LogP contribution in [0.5, 0.6) is 5.75 Å². The first kappa shape index (κ1) is 14.2. The van der Waals surface area contributed by atoms with Gasteiger partial charge in [-0.25, -0.2) is 0 Å². The van der Waals surface area contributed by atoms with Gasteiger partial charge >= 0.3 is 5.97 Å². The number of benzene rings is 1. The number of likely N-dealkylation sites (tertiary alicyclic amines) is 1. The van der Waals surface area contributed by atoms with E-state index in [1.165, 1.54) is 0 Å². The van der Waals surface area contributed by atoms with Gasteiger partial charge in [0.25, 0.3) is 0 Å². The fourth-order valence-corrected chi connectivity index (χ4v) is 2.74. The summed E-state index contributed by atoms with van der Waals surface area (Å²) in [4.78, 5) is 12.8. The van der Waals surface area contributed by atoms with Gasteiger partial charge in [-0.15, -0.1) is 0 Å². The van der Waals surface area contributed by atoms with Crippen molar-refractivity contribution in [1.29, 1.82) is 0 Å². The van der Waals surface area contributed by atoms with Gasteiger partial charge in [-0.05, 0) is 43.5 Å². The summed E-state index contributed by atoms with van der Waals surface area (Å²) in [6.07, 6.45) is 1.99. The van der Waals surface area contributed by atoms with Gasteiger partial charge in [0.05, 0.1) is 0 Å². The molecule has 0 amide bonds. The van der Waals surface area contributed by atoms with Crippen molar-refractivity contribution >= 4 is 17.6 Å². The van der Waals surface area contributed by atoms with Gasteiger partial charge in [-0.2, -0.15) is 0 Å². The summed E-state index contributed by atoms with van der Waals surface area (Å²) in [6, 6.07) is 5.05.